The highest BCUT2D eigenvalue weighted by atomic mass is 16.5. The van der Waals surface area contributed by atoms with Gasteiger partial charge in [-0.15, -0.1) is 0 Å². The van der Waals surface area contributed by atoms with E-state index in [2.05, 4.69) is 32.7 Å². The first kappa shape index (κ1) is 14.8. The third-order valence-corrected chi connectivity index (χ3v) is 3.97. The minimum atomic E-state index is 0.524. The van der Waals surface area contributed by atoms with E-state index in [9.17, 15) is 0 Å². The van der Waals surface area contributed by atoms with E-state index in [1.54, 1.807) is 14.0 Å². The van der Waals surface area contributed by atoms with Crippen LogP contribution in [0.4, 0.5) is 0 Å². The van der Waals surface area contributed by atoms with Crippen molar-refractivity contribution < 1.29 is 4.52 Å². The summed E-state index contributed by atoms with van der Waals surface area (Å²) < 4.78 is 4.94. The number of aryl methyl sites for hydroxylation is 1. The Morgan fingerprint density at radius 1 is 1.35 bits per heavy atom. The smallest absolute Gasteiger partial charge is 0.223 e. The van der Waals surface area contributed by atoms with Gasteiger partial charge in [0.2, 0.25) is 5.89 Å². The quantitative estimate of drug-likeness (QED) is 0.651. The molecule has 20 heavy (non-hydrogen) atoms. The fourth-order valence-corrected chi connectivity index (χ4v) is 2.68. The number of nitrogens with zero attached hydrogens (tertiary/aromatic N) is 3. The van der Waals surface area contributed by atoms with E-state index in [0.717, 1.165) is 11.9 Å². The fraction of sp³-hybridized carbons (Fsp3) is 0.786. The summed E-state index contributed by atoms with van der Waals surface area (Å²) in [5.41, 5.74) is 0. The van der Waals surface area contributed by atoms with Gasteiger partial charge in [-0.1, -0.05) is 18.5 Å². The number of hydrogen-bond acceptors (Lipinski definition) is 4. The zero-order valence-electron chi connectivity index (χ0n) is 12.6. The second-order valence-corrected chi connectivity index (χ2v) is 5.43. The summed E-state index contributed by atoms with van der Waals surface area (Å²) >= 11 is 0. The summed E-state index contributed by atoms with van der Waals surface area (Å²) in [6, 6.07) is 0.524. The minimum absolute atomic E-state index is 0.524. The number of hydrogen-bond donors (Lipinski definition) is 2. The molecular weight excluding hydrogens is 254 g/mol. The molecule has 0 radical (unpaired) electrons. The first-order valence-electron chi connectivity index (χ1n) is 7.47. The summed E-state index contributed by atoms with van der Waals surface area (Å²) in [6.07, 6.45) is 6.38. The molecule has 2 N–H and O–H groups in total. The van der Waals surface area contributed by atoms with Crippen LogP contribution in [0.2, 0.25) is 0 Å². The molecule has 112 valence electrons. The second kappa shape index (κ2) is 7.26. The number of guanidine groups is 1. The lowest BCUT2D eigenvalue weighted by Crippen LogP contribution is -2.44. The van der Waals surface area contributed by atoms with Crippen LogP contribution in [-0.4, -0.2) is 29.2 Å². The van der Waals surface area contributed by atoms with Crippen LogP contribution in [0.1, 0.15) is 50.7 Å². The maximum atomic E-state index is 4.94. The van der Waals surface area contributed by atoms with Crippen LogP contribution in [0, 0.1) is 12.8 Å². The lowest BCUT2D eigenvalue weighted by molar-refractivity contribution is 0.304. The van der Waals surface area contributed by atoms with Gasteiger partial charge in [0.15, 0.2) is 11.8 Å². The van der Waals surface area contributed by atoms with Crippen molar-refractivity contribution in [3.63, 3.8) is 0 Å². The number of aliphatic imine (C=N–C) groups is 1. The summed E-state index contributed by atoms with van der Waals surface area (Å²) in [7, 11) is 1.79. The Morgan fingerprint density at radius 2 is 2.10 bits per heavy atom. The molecule has 0 amide bonds. The Morgan fingerprint density at radius 3 is 2.65 bits per heavy atom. The zero-order chi connectivity index (χ0) is 14.4. The van der Waals surface area contributed by atoms with E-state index >= 15 is 0 Å². The van der Waals surface area contributed by atoms with E-state index in [1.165, 1.54) is 32.1 Å². The highest BCUT2D eigenvalue weighted by Gasteiger charge is 2.20. The first-order valence-corrected chi connectivity index (χ1v) is 7.47. The van der Waals surface area contributed by atoms with Crippen molar-refractivity contribution in [2.24, 2.45) is 10.9 Å². The van der Waals surface area contributed by atoms with Gasteiger partial charge in [0, 0.05) is 20.0 Å². The van der Waals surface area contributed by atoms with Gasteiger partial charge in [0.05, 0.1) is 6.54 Å². The van der Waals surface area contributed by atoms with Crippen molar-refractivity contribution in [2.75, 3.05) is 7.05 Å². The number of rotatable bonds is 4. The number of nitrogens with one attached hydrogen (secondary N) is 2. The Hall–Kier alpha value is -1.59. The molecule has 2 rings (SSSR count). The Balaban J connectivity index is 1.75. The van der Waals surface area contributed by atoms with Crippen LogP contribution in [0.5, 0.6) is 0 Å². The van der Waals surface area contributed by atoms with Crippen molar-refractivity contribution in [3.8, 4) is 0 Å². The van der Waals surface area contributed by atoms with Gasteiger partial charge in [0.1, 0.15) is 0 Å². The van der Waals surface area contributed by atoms with Gasteiger partial charge in [-0.25, -0.2) is 0 Å². The largest absolute Gasteiger partial charge is 0.354 e. The molecule has 1 aliphatic carbocycles. The topological polar surface area (TPSA) is 75.3 Å². The molecule has 0 aliphatic heterocycles. The van der Waals surface area contributed by atoms with Gasteiger partial charge in [-0.3, -0.25) is 4.99 Å². The molecule has 1 aliphatic rings. The van der Waals surface area contributed by atoms with Crippen molar-refractivity contribution in [1.82, 2.24) is 20.8 Å². The van der Waals surface area contributed by atoms with E-state index in [-0.39, 0.29) is 0 Å². The van der Waals surface area contributed by atoms with Crippen molar-refractivity contribution in [2.45, 2.75) is 58.5 Å². The van der Waals surface area contributed by atoms with Gasteiger partial charge in [-0.2, -0.15) is 4.98 Å². The fourth-order valence-electron chi connectivity index (χ4n) is 2.68. The molecule has 0 aromatic carbocycles. The summed E-state index contributed by atoms with van der Waals surface area (Å²) in [5.74, 6) is 2.96. The van der Waals surface area contributed by atoms with Crippen LogP contribution in [-0.2, 0) is 6.54 Å². The van der Waals surface area contributed by atoms with Crippen LogP contribution in [0.25, 0.3) is 0 Å². The molecule has 1 aromatic heterocycles. The molecule has 0 spiro atoms. The summed E-state index contributed by atoms with van der Waals surface area (Å²) in [5, 5.41) is 10.6. The molecule has 6 nitrogen and oxygen atoms in total. The van der Waals surface area contributed by atoms with Crippen molar-refractivity contribution >= 4 is 5.96 Å². The van der Waals surface area contributed by atoms with E-state index in [0.29, 0.717) is 24.3 Å². The molecule has 6 heteroatoms. The maximum absolute atomic E-state index is 4.94. The Bertz CT molecular complexity index is 435. The molecule has 1 heterocycles. The molecule has 1 saturated carbocycles. The standard InChI is InChI=1S/C14H25N5O/c1-4-11-5-7-12(8-6-11)18-14(15-3)16-9-13-17-10(2)20-19-13/h11-12H,4-9H2,1-3H3,(H2,15,16,18). The number of aromatic nitrogens is 2. The minimum Gasteiger partial charge on any atom is -0.354 e. The SMILES string of the molecule is CCC1CCC(NC(=NC)NCc2noc(C)n2)CC1. The maximum Gasteiger partial charge on any atom is 0.223 e. The zero-order valence-corrected chi connectivity index (χ0v) is 12.6. The summed E-state index contributed by atoms with van der Waals surface area (Å²) in [6.45, 7) is 4.60. The summed E-state index contributed by atoms with van der Waals surface area (Å²) in [4.78, 5) is 8.41. The van der Waals surface area contributed by atoms with Crippen molar-refractivity contribution in [1.29, 1.82) is 0 Å². The predicted octanol–water partition coefficient (Wildman–Crippen LogP) is 2.01. The first-order chi connectivity index (χ1) is 9.71. The monoisotopic (exact) mass is 279 g/mol. The third-order valence-electron chi connectivity index (χ3n) is 3.97. The van der Waals surface area contributed by atoms with Crippen molar-refractivity contribution in [3.05, 3.63) is 11.7 Å². The van der Waals surface area contributed by atoms with Crippen LogP contribution in [0.15, 0.2) is 9.52 Å². The van der Waals surface area contributed by atoms with E-state index < -0.39 is 0 Å². The third kappa shape index (κ3) is 4.21. The lowest BCUT2D eigenvalue weighted by Gasteiger charge is -2.29. The highest BCUT2D eigenvalue weighted by molar-refractivity contribution is 5.79. The van der Waals surface area contributed by atoms with Gasteiger partial charge < -0.3 is 15.2 Å². The Kier molecular flexibility index (Phi) is 5.38. The molecule has 1 aromatic rings. The molecule has 1 fully saturated rings. The van der Waals surface area contributed by atoms with Crippen LogP contribution >= 0.6 is 0 Å². The Labute approximate surface area is 120 Å². The van der Waals surface area contributed by atoms with Crippen LogP contribution < -0.4 is 10.6 Å². The van der Waals surface area contributed by atoms with Gasteiger partial charge >= 0.3 is 0 Å². The predicted molar refractivity (Wildman–Crippen MR) is 78.4 cm³/mol. The van der Waals surface area contributed by atoms with E-state index in [1.807, 2.05) is 0 Å². The van der Waals surface area contributed by atoms with Crippen LogP contribution in [0.3, 0.4) is 0 Å². The molecular formula is C14H25N5O. The normalized spacial score (nSPS) is 23.6. The molecule has 0 unspecified atom stereocenters. The molecule has 0 bridgehead atoms. The molecule has 0 atom stereocenters. The van der Waals surface area contributed by atoms with E-state index in [4.69, 9.17) is 4.52 Å². The second-order valence-electron chi connectivity index (χ2n) is 5.43. The van der Waals surface area contributed by atoms with Gasteiger partial charge in [-0.05, 0) is 31.6 Å². The lowest BCUT2D eigenvalue weighted by atomic mass is 9.84. The average Bonchev–Trinajstić information content (AvgIpc) is 2.89. The molecule has 0 saturated heterocycles. The highest BCUT2D eigenvalue weighted by Crippen LogP contribution is 2.26. The van der Waals surface area contributed by atoms with Gasteiger partial charge in [0.25, 0.3) is 0 Å². The average molecular weight is 279 g/mol.